The molecule has 1 aliphatic carbocycles. The molecular weight excluding hydrogens is 251 g/mol. The van der Waals surface area contributed by atoms with E-state index in [2.05, 4.69) is 10.3 Å². The third-order valence-electron chi connectivity index (χ3n) is 3.57. The summed E-state index contributed by atoms with van der Waals surface area (Å²) in [7, 11) is 1.85. The Morgan fingerprint density at radius 2 is 2.06 bits per heavy atom. The fraction of sp³-hybridized carbons (Fsp3) is 0.357. The first kappa shape index (κ1) is 11.7. The second-order valence-electron chi connectivity index (χ2n) is 4.62. The minimum absolute atomic E-state index is 0.306. The van der Waals surface area contributed by atoms with E-state index in [1.165, 1.54) is 11.6 Å². The standard InChI is InChI=1S/C14H14ClFN2/c1-17-13-8-4-2-3-5-11(8)18-14-10(16)7-6-9(15)12(13)14/h6-7H,2-5H2,1H3,(H,17,18). The third-order valence-corrected chi connectivity index (χ3v) is 3.88. The number of nitrogens with zero attached hydrogens (tertiary/aromatic N) is 1. The highest BCUT2D eigenvalue weighted by Gasteiger charge is 2.20. The summed E-state index contributed by atoms with van der Waals surface area (Å²) in [6, 6.07) is 2.98. The van der Waals surface area contributed by atoms with Gasteiger partial charge in [-0.2, -0.15) is 0 Å². The molecule has 0 aliphatic heterocycles. The van der Waals surface area contributed by atoms with Crippen LogP contribution in [0.5, 0.6) is 0 Å². The number of fused-ring (bicyclic) bond motifs is 2. The monoisotopic (exact) mass is 264 g/mol. The number of aryl methyl sites for hydroxylation is 1. The van der Waals surface area contributed by atoms with E-state index in [0.29, 0.717) is 15.9 Å². The van der Waals surface area contributed by atoms with Gasteiger partial charge in [0.15, 0.2) is 0 Å². The summed E-state index contributed by atoms with van der Waals surface area (Å²) in [6.45, 7) is 0. The second kappa shape index (κ2) is 4.39. The summed E-state index contributed by atoms with van der Waals surface area (Å²) in [4.78, 5) is 4.49. The molecule has 94 valence electrons. The molecule has 0 saturated heterocycles. The molecule has 0 radical (unpaired) electrons. The molecule has 1 aromatic heterocycles. The van der Waals surface area contributed by atoms with Gasteiger partial charge in [-0.25, -0.2) is 9.37 Å². The Hall–Kier alpha value is -1.35. The van der Waals surface area contributed by atoms with E-state index in [-0.39, 0.29) is 5.82 Å². The fourth-order valence-electron chi connectivity index (χ4n) is 2.73. The minimum Gasteiger partial charge on any atom is -0.387 e. The van der Waals surface area contributed by atoms with Crippen LogP contribution in [0.4, 0.5) is 10.1 Å². The van der Waals surface area contributed by atoms with E-state index >= 15 is 0 Å². The lowest BCUT2D eigenvalue weighted by molar-refractivity contribution is 0.632. The highest BCUT2D eigenvalue weighted by molar-refractivity contribution is 6.36. The first-order chi connectivity index (χ1) is 8.72. The Bertz CT molecular complexity index is 625. The van der Waals surface area contributed by atoms with Crippen LogP contribution in [0.25, 0.3) is 10.9 Å². The topological polar surface area (TPSA) is 24.9 Å². The molecule has 0 spiro atoms. The van der Waals surface area contributed by atoms with Gasteiger partial charge in [-0.1, -0.05) is 11.6 Å². The highest BCUT2D eigenvalue weighted by atomic mass is 35.5. The summed E-state index contributed by atoms with van der Waals surface area (Å²) in [5.74, 6) is -0.306. The van der Waals surface area contributed by atoms with Gasteiger partial charge in [-0.15, -0.1) is 0 Å². The molecule has 3 rings (SSSR count). The first-order valence-corrected chi connectivity index (χ1v) is 6.57. The molecule has 1 aromatic carbocycles. The Labute approximate surface area is 110 Å². The Balaban J connectivity index is 2.44. The van der Waals surface area contributed by atoms with Crippen molar-refractivity contribution >= 4 is 28.2 Å². The average molecular weight is 265 g/mol. The van der Waals surface area contributed by atoms with Gasteiger partial charge in [0.05, 0.1) is 5.02 Å². The molecule has 0 unspecified atom stereocenters. The lowest BCUT2D eigenvalue weighted by atomic mass is 9.92. The van der Waals surface area contributed by atoms with Crippen molar-refractivity contribution < 1.29 is 4.39 Å². The van der Waals surface area contributed by atoms with Gasteiger partial charge in [0.2, 0.25) is 0 Å². The second-order valence-corrected chi connectivity index (χ2v) is 5.03. The van der Waals surface area contributed by atoms with Crippen molar-refractivity contribution in [2.75, 3.05) is 12.4 Å². The van der Waals surface area contributed by atoms with Gasteiger partial charge in [0.1, 0.15) is 11.3 Å². The molecule has 0 bridgehead atoms. The predicted molar refractivity (Wildman–Crippen MR) is 72.9 cm³/mol. The van der Waals surface area contributed by atoms with Gasteiger partial charge in [-0.3, -0.25) is 0 Å². The largest absolute Gasteiger partial charge is 0.387 e. The number of aromatic nitrogens is 1. The molecule has 4 heteroatoms. The van der Waals surface area contributed by atoms with Crippen molar-refractivity contribution in [2.24, 2.45) is 0 Å². The number of benzene rings is 1. The highest BCUT2D eigenvalue weighted by Crippen LogP contribution is 2.37. The van der Waals surface area contributed by atoms with Crippen molar-refractivity contribution in [2.45, 2.75) is 25.7 Å². The number of pyridine rings is 1. The van der Waals surface area contributed by atoms with Crippen molar-refractivity contribution in [1.82, 2.24) is 4.98 Å². The first-order valence-electron chi connectivity index (χ1n) is 6.19. The number of rotatable bonds is 1. The molecule has 0 atom stereocenters. The maximum absolute atomic E-state index is 13.9. The lowest BCUT2D eigenvalue weighted by Crippen LogP contribution is -2.10. The summed E-state index contributed by atoms with van der Waals surface area (Å²) in [5.41, 5.74) is 3.54. The molecular formula is C14H14ClFN2. The quantitative estimate of drug-likeness (QED) is 0.844. The molecule has 1 N–H and O–H groups in total. The van der Waals surface area contributed by atoms with Crippen molar-refractivity contribution in [3.05, 3.63) is 34.2 Å². The Morgan fingerprint density at radius 3 is 2.83 bits per heavy atom. The molecule has 18 heavy (non-hydrogen) atoms. The molecule has 2 nitrogen and oxygen atoms in total. The van der Waals surface area contributed by atoms with E-state index in [0.717, 1.165) is 37.1 Å². The van der Waals surface area contributed by atoms with Crippen LogP contribution >= 0.6 is 11.6 Å². The minimum atomic E-state index is -0.306. The van der Waals surface area contributed by atoms with E-state index < -0.39 is 0 Å². The Morgan fingerprint density at radius 1 is 1.28 bits per heavy atom. The number of nitrogens with one attached hydrogen (secondary N) is 1. The van der Waals surface area contributed by atoms with Crippen LogP contribution in [-0.2, 0) is 12.8 Å². The van der Waals surface area contributed by atoms with Crippen LogP contribution in [0, 0.1) is 5.82 Å². The summed E-state index contributed by atoms with van der Waals surface area (Å²) < 4.78 is 13.9. The Kier molecular flexibility index (Phi) is 2.86. The van der Waals surface area contributed by atoms with Crippen molar-refractivity contribution in [1.29, 1.82) is 0 Å². The van der Waals surface area contributed by atoms with E-state index in [4.69, 9.17) is 11.6 Å². The van der Waals surface area contributed by atoms with Crippen LogP contribution in [0.3, 0.4) is 0 Å². The van der Waals surface area contributed by atoms with Gasteiger partial charge in [0, 0.05) is 23.8 Å². The third kappa shape index (κ3) is 1.65. The van der Waals surface area contributed by atoms with Crippen LogP contribution in [0.1, 0.15) is 24.1 Å². The van der Waals surface area contributed by atoms with Gasteiger partial charge < -0.3 is 5.32 Å². The van der Waals surface area contributed by atoms with Crippen LogP contribution in [-0.4, -0.2) is 12.0 Å². The molecule has 0 amide bonds. The molecule has 2 aromatic rings. The molecule has 1 aliphatic rings. The molecule has 0 fully saturated rings. The zero-order valence-electron chi connectivity index (χ0n) is 10.2. The van der Waals surface area contributed by atoms with Crippen LogP contribution in [0.2, 0.25) is 5.02 Å². The van der Waals surface area contributed by atoms with Crippen LogP contribution < -0.4 is 5.32 Å². The van der Waals surface area contributed by atoms with Crippen molar-refractivity contribution in [3.8, 4) is 0 Å². The summed E-state index contributed by atoms with van der Waals surface area (Å²) in [5, 5.41) is 4.44. The van der Waals surface area contributed by atoms with E-state index in [1.54, 1.807) is 6.07 Å². The van der Waals surface area contributed by atoms with Crippen molar-refractivity contribution in [3.63, 3.8) is 0 Å². The maximum atomic E-state index is 13.9. The smallest absolute Gasteiger partial charge is 0.149 e. The number of halogens is 2. The predicted octanol–water partition coefficient (Wildman–Crippen LogP) is 3.95. The maximum Gasteiger partial charge on any atom is 0.149 e. The molecule has 0 saturated carbocycles. The lowest BCUT2D eigenvalue weighted by Gasteiger charge is -2.21. The zero-order valence-corrected chi connectivity index (χ0v) is 10.9. The number of hydrogen-bond acceptors (Lipinski definition) is 2. The average Bonchev–Trinajstić information content (AvgIpc) is 2.41. The number of hydrogen-bond donors (Lipinski definition) is 1. The normalized spacial score (nSPS) is 14.6. The van der Waals surface area contributed by atoms with E-state index in [9.17, 15) is 4.39 Å². The fourth-order valence-corrected chi connectivity index (χ4v) is 2.98. The SMILES string of the molecule is CNc1c2c(nc3c(F)ccc(Cl)c13)CCCC2. The number of anilines is 1. The van der Waals surface area contributed by atoms with Gasteiger partial charge in [0.25, 0.3) is 0 Å². The van der Waals surface area contributed by atoms with Crippen LogP contribution in [0.15, 0.2) is 12.1 Å². The molecule has 1 heterocycles. The zero-order chi connectivity index (χ0) is 12.7. The summed E-state index contributed by atoms with van der Waals surface area (Å²) >= 11 is 6.21. The summed E-state index contributed by atoms with van der Waals surface area (Å²) in [6.07, 6.45) is 4.19. The van der Waals surface area contributed by atoms with E-state index in [1.807, 2.05) is 7.05 Å². The van der Waals surface area contributed by atoms with Gasteiger partial charge in [-0.05, 0) is 43.4 Å². The van der Waals surface area contributed by atoms with Gasteiger partial charge >= 0.3 is 0 Å².